The monoisotopic (exact) mass is 305 g/mol. The quantitative estimate of drug-likeness (QED) is 0.941. The summed E-state index contributed by atoms with van der Waals surface area (Å²) in [5.41, 5.74) is 1.38. The zero-order chi connectivity index (χ0) is 15.0. The number of thiophene rings is 1. The summed E-state index contributed by atoms with van der Waals surface area (Å²) < 4.78 is 0. The van der Waals surface area contributed by atoms with Gasteiger partial charge in [-0.05, 0) is 31.2 Å². The molecule has 0 fully saturated rings. The van der Waals surface area contributed by atoms with E-state index in [1.165, 1.54) is 23.3 Å². The second-order valence-electron chi connectivity index (χ2n) is 5.71. The van der Waals surface area contributed by atoms with Crippen LogP contribution in [0.25, 0.3) is 10.2 Å². The molecule has 0 saturated carbocycles. The molecule has 1 unspecified atom stereocenters. The lowest BCUT2D eigenvalue weighted by Gasteiger charge is -2.22. The molecule has 6 heteroatoms. The van der Waals surface area contributed by atoms with Crippen LogP contribution in [0.15, 0.2) is 6.33 Å². The van der Waals surface area contributed by atoms with Gasteiger partial charge in [-0.15, -0.1) is 11.3 Å². The molecule has 0 aliphatic heterocycles. The molecule has 0 bridgehead atoms. The highest BCUT2D eigenvalue weighted by Crippen LogP contribution is 2.39. The molecular weight excluding hydrogens is 286 g/mol. The van der Waals surface area contributed by atoms with Gasteiger partial charge < -0.3 is 10.0 Å². The Balaban J connectivity index is 2.02. The SMILES string of the molecule is CC(CN(C)c1ncnc2sc3c(c12)CCCC3)C(=O)O. The van der Waals surface area contributed by atoms with Crippen LogP contribution in [0.2, 0.25) is 0 Å². The van der Waals surface area contributed by atoms with E-state index >= 15 is 0 Å². The van der Waals surface area contributed by atoms with E-state index in [9.17, 15) is 4.79 Å². The van der Waals surface area contributed by atoms with Crippen molar-refractivity contribution in [1.29, 1.82) is 0 Å². The predicted molar refractivity (Wildman–Crippen MR) is 84.1 cm³/mol. The first-order valence-corrected chi connectivity index (χ1v) is 8.08. The van der Waals surface area contributed by atoms with E-state index in [-0.39, 0.29) is 0 Å². The van der Waals surface area contributed by atoms with Crippen molar-refractivity contribution in [3.63, 3.8) is 0 Å². The molecule has 112 valence electrons. The minimum atomic E-state index is -0.778. The van der Waals surface area contributed by atoms with Crippen LogP contribution < -0.4 is 4.90 Å². The van der Waals surface area contributed by atoms with Gasteiger partial charge in [0, 0.05) is 18.5 Å². The Morgan fingerprint density at radius 3 is 2.95 bits per heavy atom. The van der Waals surface area contributed by atoms with Crippen LogP contribution in [0.5, 0.6) is 0 Å². The highest BCUT2D eigenvalue weighted by molar-refractivity contribution is 7.19. The number of anilines is 1. The molecule has 3 rings (SSSR count). The van der Waals surface area contributed by atoms with Crippen LogP contribution in [-0.2, 0) is 17.6 Å². The Bertz CT molecular complexity index is 683. The summed E-state index contributed by atoms with van der Waals surface area (Å²) in [5, 5.41) is 10.2. The average Bonchev–Trinajstić information content (AvgIpc) is 2.85. The Morgan fingerprint density at radius 1 is 1.43 bits per heavy atom. The summed E-state index contributed by atoms with van der Waals surface area (Å²) in [6, 6.07) is 0. The number of rotatable bonds is 4. The summed E-state index contributed by atoms with van der Waals surface area (Å²) >= 11 is 1.76. The largest absolute Gasteiger partial charge is 0.481 e. The number of aromatic nitrogens is 2. The van der Waals surface area contributed by atoms with E-state index < -0.39 is 11.9 Å². The highest BCUT2D eigenvalue weighted by Gasteiger charge is 2.22. The molecule has 21 heavy (non-hydrogen) atoms. The zero-order valence-electron chi connectivity index (χ0n) is 12.3. The van der Waals surface area contributed by atoms with E-state index in [1.807, 2.05) is 11.9 Å². The number of hydrogen-bond donors (Lipinski definition) is 1. The third kappa shape index (κ3) is 2.60. The molecule has 0 radical (unpaired) electrons. The van der Waals surface area contributed by atoms with Crippen molar-refractivity contribution in [2.45, 2.75) is 32.6 Å². The van der Waals surface area contributed by atoms with Gasteiger partial charge in [0.05, 0.1) is 11.3 Å². The molecule has 0 spiro atoms. The molecule has 2 aromatic heterocycles. The van der Waals surface area contributed by atoms with Crippen molar-refractivity contribution in [2.75, 3.05) is 18.5 Å². The first kappa shape index (κ1) is 14.3. The van der Waals surface area contributed by atoms with Crippen molar-refractivity contribution in [1.82, 2.24) is 9.97 Å². The van der Waals surface area contributed by atoms with Crippen molar-refractivity contribution in [3.8, 4) is 0 Å². The van der Waals surface area contributed by atoms with Crippen LogP contribution in [0.3, 0.4) is 0 Å². The fraction of sp³-hybridized carbons (Fsp3) is 0.533. The molecule has 2 heterocycles. The third-order valence-corrected chi connectivity index (χ3v) is 5.26. The van der Waals surface area contributed by atoms with Gasteiger partial charge in [0.1, 0.15) is 17.0 Å². The zero-order valence-corrected chi connectivity index (χ0v) is 13.1. The molecule has 0 saturated heterocycles. The summed E-state index contributed by atoms with van der Waals surface area (Å²) in [5.74, 6) is -0.332. The molecule has 2 aromatic rings. The number of nitrogens with zero attached hydrogens (tertiary/aromatic N) is 3. The lowest BCUT2D eigenvalue weighted by molar-refractivity contribution is -0.140. The van der Waals surface area contributed by atoms with E-state index in [1.54, 1.807) is 24.6 Å². The smallest absolute Gasteiger partial charge is 0.308 e. The van der Waals surface area contributed by atoms with Crippen LogP contribution in [-0.4, -0.2) is 34.6 Å². The third-order valence-electron chi connectivity index (χ3n) is 4.06. The van der Waals surface area contributed by atoms with Gasteiger partial charge in [-0.2, -0.15) is 0 Å². The van der Waals surface area contributed by atoms with Crippen LogP contribution in [0.1, 0.15) is 30.2 Å². The number of aliphatic carboxylic acids is 1. The van der Waals surface area contributed by atoms with Crippen LogP contribution >= 0.6 is 11.3 Å². The van der Waals surface area contributed by atoms with Crippen molar-refractivity contribution in [3.05, 3.63) is 16.8 Å². The first-order chi connectivity index (χ1) is 10.1. The standard InChI is InChI=1S/C15H19N3O2S/c1-9(15(19)20)7-18(2)13-12-10-5-3-4-6-11(10)21-14(12)17-8-16-13/h8-9H,3-7H2,1-2H3,(H,19,20). The lowest BCUT2D eigenvalue weighted by atomic mass is 9.97. The first-order valence-electron chi connectivity index (χ1n) is 7.27. The normalized spacial score (nSPS) is 15.7. The minimum Gasteiger partial charge on any atom is -0.481 e. The molecule has 1 aliphatic rings. The van der Waals surface area contributed by atoms with Gasteiger partial charge >= 0.3 is 5.97 Å². The molecule has 1 N–H and O–H groups in total. The number of carbonyl (C=O) groups is 1. The lowest BCUT2D eigenvalue weighted by Crippen LogP contribution is -2.29. The Hall–Kier alpha value is -1.69. The second-order valence-corrected chi connectivity index (χ2v) is 6.79. The molecule has 0 amide bonds. The summed E-state index contributed by atoms with van der Waals surface area (Å²) in [6.45, 7) is 2.17. The van der Waals surface area contributed by atoms with Gasteiger partial charge in [0.2, 0.25) is 0 Å². The topological polar surface area (TPSA) is 66.3 Å². The second kappa shape index (κ2) is 5.60. The van der Waals surface area contributed by atoms with Crippen LogP contribution in [0, 0.1) is 5.92 Å². The van der Waals surface area contributed by atoms with E-state index in [4.69, 9.17) is 5.11 Å². The van der Waals surface area contributed by atoms with Gasteiger partial charge in [-0.25, -0.2) is 9.97 Å². The Kier molecular flexibility index (Phi) is 3.80. The number of fused-ring (bicyclic) bond motifs is 3. The van der Waals surface area contributed by atoms with Gasteiger partial charge in [-0.3, -0.25) is 4.79 Å². The van der Waals surface area contributed by atoms with E-state index in [0.717, 1.165) is 28.9 Å². The highest BCUT2D eigenvalue weighted by atomic mass is 32.1. The van der Waals surface area contributed by atoms with E-state index in [2.05, 4.69) is 9.97 Å². The van der Waals surface area contributed by atoms with E-state index in [0.29, 0.717) is 6.54 Å². The summed E-state index contributed by atoms with van der Waals surface area (Å²) in [7, 11) is 1.91. The minimum absolute atomic E-state index is 0.422. The number of carboxylic acids is 1. The molecule has 1 aliphatic carbocycles. The van der Waals surface area contributed by atoms with Crippen LogP contribution in [0.4, 0.5) is 5.82 Å². The molecular formula is C15H19N3O2S. The van der Waals surface area contributed by atoms with Crippen molar-refractivity contribution in [2.24, 2.45) is 5.92 Å². The van der Waals surface area contributed by atoms with Crippen molar-refractivity contribution < 1.29 is 9.90 Å². The molecule has 5 nitrogen and oxygen atoms in total. The fourth-order valence-electron chi connectivity index (χ4n) is 2.94. The predicted octanol–water partition coefficient (Wildman–Crippen LogP) is 2.73. The number of carboxylic acid groups (broad SMARTS) is 1. The van der Waals surface area contributed by atoms with Gasteiger partial charge in [-0.1, -0.05) is 6.92 Å². The van der Waals surface area contributed by atoms with Crippen molar-refractivity contribution >= 4 is 33.3 Å². The van der Waals surface area contributed by atoms with Gasteiger partial charge in [0.25, 0.3) is 0 Å². The maximum atomic E-state index is 11.1. The maximum Gasteiger partial charge on any atom is 0.308 e. The maximum absolute atomic E-state index is 11.1. The number of hydrogen-bond acceptors (Lipinski definition) is 5. The Morgan fingerprint density at radius 2 is 2.19 bits per heavy atom. The molecule has 0 aromatic carbocycles. The number of aryl methyl sites for hydroxylation is 2. The van der Waals surface area contributed by atoms with Gasteiger partial charge in [0.15, 0.2) is 0 Å². The Labute approximate surface area is 127 Å². The molecule has 1 atom stereocenters. The average molecular weight is 305 g/mol. The summed E-state index contributed by atoms with van der Waals surface area (Å²) in [4.78, 5) is 24.3. The fourth-order valence-corrected chi connectivity index (χ4v) is 4.16. The summed E-state index contributed by atoms with van der Waals surface area (Å²) in [6.07, 6.45) is 6.25.